The Labute approximate surface area is 325 Å². The van der Waals surface area contributed by atoms with Crippen LogP contribution in [0.15, 0.2) is 109 Å². The van der Waals surface area contributed by atoms with Gasteiger partial charge in [-0.2, -0.15) is 0 Å². The van der Waals surface area contributed by atoms with Crippen LogP contribution in [0.1, 0.15) is 83.4 Å². The third kappa shape index (κ3) is 8.27. The van der Waals surface area contributed by atoms with E-state index in [1.807, 2.05) is 33.7 Å². The van der Waals surface area contributed by atoms with Gasteiger partial charge in [0, 0.05) is 37.8 Å². The molecule has 0 bridgehead atoms. The number of ether oxygens (including phenoxy) is 2. The van der Waals surface area contributed by atoms with Gasteiger partial charge >= 0.3 is 5.97 Å². The normalized spacial score (nSPS) is 14.4. The molecule has 0 N–H and O–H groups in total. The number of hydrogen-bond acceptors (Lipinski definition) is 7. The highest BCUT2D eigenvalue weighted by Crippen LogP contribution is 2.37. The van der Waals surface area contributed by atoms with Crippen molar-refractivity contribution in [3.05, 3.63) is 137 Å². The first kappa shape index (κ1) is 39.5. The minimum Gasteiger partial charge on any atom is -0.465 e. The average molecular weight is 758 g/mol. The van der Waals surface area contributed by atoms with Crippen molar-refractivity contribution in [2.75, 3.05) is 26.9 Å². The van der Waals surface area contributed by atoms with Gasteiger partial charge < -0.3 is 23.4 Å². The Kier molecular flexibility index (Phi) is 12.3. The van der Waals surface area contributed by atoms with Gasteiger partial charge in [0.1, 0.15) is 11.5 Å². The van der Waals surface area contributed by atoms with E-state index in [1.165, 1.54) is 30.0 Å². The highest BCUT2D eigenvalue weighted by Gasteiger charge is 2.50. The number of carbonyl (C=O) groups is 3. The molecule has 0 fully saturated rings. The molecule has 1 aromatic heterocycles. The summed E-state index contributed by atoms with van der Waals surface area (Å²) in [5, 5.41) is 2.25. The number of ketones is 1. The molecular formula is C45H51N3O6Si. The number of benzene rings is 4. The van der Waals surface area contributed by atoms with Gasteiger partial charge in [-0.1, -0.05) is 113 Å². The van der Waals surface area contributed by atoms with Crippen molar-refractivity contribution in [3.8, 4) is 11.4 Å². The van der Waals surface area contributed by atoms with Gasteiger partial charge in [0.05, 0.1) is 38.1 Å². The molecule has 55 heavy (non-hydrogen) atoms. The van der Waals surface area contributed by atoms with Gasteiger partial charge in [-0.3, -0.25) is 9.59 Å². The lowest BCUT2D eigenvalue weighted by Gasteiger charge is -2.43. The second-order valence-corrected chi connectivity index (χ2v) is 19.3. The SMILES string of the molecule is CC[C@@H]1Cc2ccccc2CN1C(=O)c1cc(C(=O)OC)ccc1-c1nc(C(C)=O)cn1CCOCCO[Si](c1ccccc1)(c1ccccc1)C(C)(C)C. The highest BCUT2D eigenvalue weighted by atomic mass is 28.4. The molecule has 4 aromatic carbocycles. The van der Waals surface area contributed by atoms with Crippen LogP contribution in [0.5, 0.6) is 0 Å². The Morgan fingerprint density at radius 1 is 0.836 bits per heavy atom. The minimum atomic E-state index is -2.71. The maximum Gasteiger partial charge on any atom is 0.337 e. The van der Waals surface area contributed by atoms with Crippen LogP contribution in [0.4, 0.5) is 0 Å². The molecule has 6 rings (SSSR count). The Balaban J connectivity index is 1.25. The van der Waals surface area contributed by atoms with E-state index in [4.69, 9.17) is 18.9 Å². The summed E-state index contributed by atoms with van der Waals surface area (Å²) in [6.45, 7) is 12.2. The quantitative estimate of drug-likeness (QED) is 0.0516. The van der Waals surface area contributed by atoms with Crippen LogP contribution in [0.25, 0.3) is 11.4 Å². The number of rotatable bonds is 14. The number of carbonyl (C=O) groups excluding carboxylic acids is 3. The van der Waals surface area contributed by atoms with E-state index in [2.05, 4.69) is 88.4 Å². The monoisotopic (exact) mass is 757 g/mol. The number of nitrogens with zero attached hydrogens (tertiary/aromatic N) is 3. The van der Waals surface area contributed by atoms with E-state index in [0.717, 1.165) is 18.4 Å². The molecule has 2 heterocycles. The number of aromatic nitrogens is 2. The summed E-state index contributed by atoms with van der Waals surface area (Å²) in [5.74, 6) is -0.504. The fourth-order valence-corrected chi connectivity index (χ4v) is 12.3. The number of amides is 1. The van der Waals surface area contributed by atoms with Crippen molar-refractivity contribution in [1.29, 1.82) is 0 Å². The Morgan fingerprint density at radius 3 is 2.07 bits per heavy atom. The van der Waals surface area contributed by atoms with Crippen LogP contribution in [-0.4, -0.2) is 73.4 Å². The van der Waals surface area contributed by atoms with Gasteiger partial charge in [0.15, 0.2) is 5.78 Å². The second-order valence-electron chi connectivity index (χ2n) is 15.0. The molecule has 5 aromatic rings. The molecule has 0 spiro atoms. The minimum absolute atomic E-state index is 0.0240. The summed E-state index contributed by atoms with van der Waals surface area (Å²) in [5.41, 5.74) is 3.72. The fourth-order valence-electron chi connectivity index (χ4n) is 7.76. The zero-order chi connectivity index (χ0) is 39.2. The lowest BCUT2D eigenvalue weighted by molar-refractivity contribution is 0.0600. The molecule has 0 saturated heterocycles. The van der Waals surface area contributed by atoms with Crippen LogP contribution < -0.4 is 10.4 Å². The van der Waals surface area contributed by atoms with Crippen LogP contribution in [0, 0.1) is 0 Å². The molecule has 1 aliphatic heterocycles. The Bertz CT molecular complexity index is 2090. The number of Topliss-reactive ketones (excluding diaryl/α,β-unsaturated/α-hetero) is 1. The third-order valence-electron chi connectivity index (χ3n) is 10.6. The van der Waals surface area contributed by atoms with Gasteiger partial charge in [0.2, 0.25) is 0 Å². The predicted molar refractivity (Wildman–Crippen MR) is 217 cm³/mol. The van der Waals surface area contributed by atoms with E-state index in [0.29, 0.717) is 49.9 Å². The summed E-state index contributed by atoms with van der Waals surface area (Å²) in [7, 11) is -1.39. The van der Waals surface area contributed by atoms with Crippen molar-refractivity contribution < 1.29 is 28.3 Å². The van der Waals surface area contributed by atoms with Crippen LogP contribution >= 0.6 is 0 Å². The molecule has 10 heteroatoms. The summed E-state index contributed by atoms with van der Waals surface area (Å²) in [6, 6.07) is 34.1. The smallest absolute Gasteiger partial charge is 0.337 e. The molecule has 286 valence electrons. The van der Waals surface area contributed by atoms with Crippen molar-refractivity contribution in [2.45, 2.75) is 71.6 Å². The molecule has 1 aliphatic rings. The topological polar surface area (TPSA) is 100.0 Å². The first-order valence-electron chi connectivity index (χ1n) is 19.0. The molecule has 0 radical (unpaired) electrons. The van der Waals surface area contributed by atoms with Gasteiger partial charge in [0.25, 0.3) is 14.2 Å². The number of imidazole rings is 1. The molecule has 0 saturated carbocycles. The van der Waals surface area contributed by atoms with Gasteiger partial charge in [-0.05, 0) is 57.6 Å². The maximum atomic E-state index is 14.6. The van der Waals surface area contributed by atoms with E-state index in [1.54, 1.807) is 24.4 Å². The highest BCUT2D eigenvalue weighted by molar-refractivity contribution is 6.99. The number of methoxy groups -OCH3 is 1. The van der Waals surface area contributed by atoms with Gasteiger partial charge in [-0.15, -0.1) is 0 Å². The third-order valence-corrected chi connectivity index (χ3v) is 15.6. The van der Waals surface area contributed by atoms with Crippen molar-refractivity contribution in [1.82, 2.24) is 14.5 Å². The van der Waals surface area contributed by atoms with Crippen LogP contribution in [-0.2, 0) is 33.4 Å². The van der Waals surface area contributed by atoms with Crippen LogP contribution in [0.2, 0.25) is 5.04 Å². The maximum absolute atomic E-state index is 14.6. The molecule has 1 amide bonds. The first-order valence-corrected chi connectivity index (χ1v) is 20.9. The molecule has 1 atom stereocenters. The molecule has 9 nitrogen and oxygen atoms in total. The molecule has 0 aliphatic carbocycles. The summed E-state index contributed by atoms with van der Waals surface area (Å²) >= 11 is 0. The Morgan fingerprint density at radius 2 is 1.47 bits per heavy atom. The zero-order valence-electron chi connectivity index (χ0n) is 32.7. The van der Waals surface area contributed by atoms with E-state index >= 15 is 0 Å². The number of esters is 1. The van der Waals surface area contributed by atoms with Crippen LogP contribution in [0.3, 0.4) is 0 Å². The van der Waals surface area contributed by atoms with Crippen molar-refractivity contribution in [2.24, 2.45) is 0 Å². The van der Waals surface area contributed by atoms with Crippen molar-refractivity contribution >= 4 is 36.4 Å². The van der Waals surface area contributed by atoms with E-state index in [9.17, 15) is 14.4 Å². The first-order chi connectivity index (χ1) is 26.5. The standard InChI is InChI=1S/C45H51N3O6Si/c1-7-36-28-33-16-14-15-17-35(33)30-48(36)43(50)40-29-34(44(51)52-6)22-23-39(40)42-46-41(32(2)49)31-47(42)24-25-53-26-27-54-55(45(3,4)5,37-18-10-8-11-19-37)38-20-12-9-13-21-38/h8-23,29,31,36H,7,24-28,30H2,1-6H3/t36-/m1/s1. The number of fused-ring (bicyclic) bond motifs is 1. The summed E-state index contributed by atoms with van der Waals surface area (Å²) < 4.78 is 20.1. The van der Waals surface area contributed by atoms with E-state index < -0.39 is 14.3 Å². The lowest BCUT2D eigenvalue weighted by atomic mass is 9.91. The predicted octanol–water partition coefficient (Wildman–Crippen LogP) is 7.11. The average Bonchev–Trinajstić information content (AvgIpc) is 3.64. The molecular weight excluding hydrogens is 707 g/mol. The fraction of sp³-hybridized carbons (Fsp3) is 0.333. The Hall–Kier alpha value is -5.16. The molecule has 0 unspecified atom stereocenters. The number of hydrogen-bond donors (Lipinski definition) is 0. The lowest BCUT2D eigenvalue weighted by Crippen LogP contribution is -2.66. The van der Waals surface area contributed by atoms with E-state index in [-0.39, 0.29) is 34.0 Å². The largest absolute Gasteiger partial charge is 0.465 e. The van der Waals surface area contributed by atoms with Gasteiger partial charge in [-0.25, -0.2) is 9.78 Å². The summed E-state index contributed by atoms with van der Waals surface area (Å²) in [4.78, 5) is 46.6. The van der Waals surface area contributed by atoms with Crippen molar-refractivity contribution in [3.63, 3.8) is 0 Å². The second kappa shape index (κ2) is 17.1. The summed E-state index contributed by atoms with van der Waals surface area (Å²) in [6.07, 6.45) is 3.21. The zero-order valence-corrected chi connectivity index (χ0v) is 33.7.